The number of nitrogens with one attached hydrogen (secondary N) is 3. The third kappa shape index (κ3) is 17.0. The van der Waals surface area contributed by atoms with Crippen LogP contribution >= 0.6 is 11.6 Å². The highest BCUT2D eigenvalue weighted by Gasteiger charge is 2.30. The highest BCUT2D eigenvalue weighted by Crippen LogP contribution is 2.21. The molecule has 3 amide bonds. The van der Waals surface area contributed by atoms with Gasteiger partial charge in [0.2, 0.25) is 17.7 Å². The number of rotatable bonds is 11. The first-order valence-electron chi connectivity index (χ1n) is 18.0. The number of aromatic nitrogens is 1. The van der Waals surface area contributed by atoms with Crippen LogP contribution in [0.25, 0.3) is 10.9 Å². The third-order valence-corrected chi connectivity index (χ3v) is 8.52. The molecule has 0 spiro atoms. The number of Topliss-reactive ketones (excluding diaryl/α,β-unsaturated/α-hetero) is 1. The van der Waals surface area contributed by atoms with Crippen molar-refractivity contribution in [2.45, 2.75) is 117 Å². The van der Waals surface area contributed by atoms with Crippen molar-refractivity contribution in [3.63, 3.8) is 0 Å². The lowest BCUT2D eigenvalue weighted by atomic mass is 10.0. The number of piperidine rings is 1. The summed E-state index contributed by atoms with van der Waals surface area (Å²) in [6, 6.07) is 7.67. The molecule has 3 heterocycles. The maximum absolute atomic E-state index is 12.2. The van der Waals surface area contributed by atoms with E-state index in [1.54, 1.807) is 0 Å². The molecule has 3 N–H and O–H groups in total. The zero-order valence-corrected chi connectivity index (χ0v) is 31.0. The number of hydrogen-bond acceptors (Lipinski definition) is 6. The minimum Gasteiger partial charge on any atom is -0.362 e. The van der Waals surface area contributed by atoms with Crippen molar-refractivity contribution in [2.75, 3.05) is 32.1 Å². The Morgan fingerprint density at radius 3 is 2.20 bits per heavy atom. The number of alkyl halides is 1. The summed E-state index contributed by atoms with van der Waals surface area (Å²) in [5.41, 5.74) is 2.62. The van der Waals surface area contributed by atoms with Gasteiger partial charge in [-0.2, -0.15) is 0 Å². The van der Waals surface area contributed by atoms with E-state index in [-0.39, 0.29) is 36.9 Å². The molecule has 1 aromatic carbocycles. The lowest BCUT2D eigenvalue weighted by Gasteiger charge is -2.37. The molecular formula is C38H60ClN5O5. The van der Waals surface area contributed by atoms with Crippen molar-refractivity contribution in [3.8, 4) is 0 Å². The topological polar surface area (TPSA) is 130 Å². The number of hydrogen-bond donors (Lipinski definition) is 3. The number of halogens is 1. The summed E-state index contributed by atoms with van der Waals surface area (Å²) in [7, 11) is 0. The van der Waals surface area contributed by atoms with Crippen LogP contribution in [0, 0.1) is 0 Å². The molecule has 2 aliphatic heterocycles. The number of nitrogens with zero attached hydrogens (tertiary/aromatic N) is 2. The number of unbranched alkanes of at least 4 members (excludes halogenated alkanes) is 4. The van der Waals surface area contributed by atoms with Crippen LogP contribution in [0.2, 0.25) is 0 Å². The van der Waals surface area contributed by atoms with Gasteiger partial charge in [-0.1, -0.05) is 78.2 Å². The van der Waals surface area contributed by atoms with E-state index >= 15 is 0 Å². The molecule has 0 saturated carbocycles. The fourth-order valence-corrected chi connectivity index (χ4v) is 5.34. The van der Waals surface area contributed by atoms with Gasteiger partial charge in [0.05, 0.1) is 19.6 Å². The van der Waals surface area contributed by atoms with E-state index in [2.05, 4.69) is 47.9 Å². The molecule has 0 bridgehead atoms. The van der Waals surface area contributed by atoms with E-state index in [1.807, 2.05) is 42.3 Å². The Kier molecular flexibility index (Phi) is 23.2. The molecule has 2 saturated heterocycles. The molecule has 0 radical (unpaired) electrons. The summed E-state index contributed by atoms with van der Waals surface area (Å²) < 4.78 is 2.13. The van der Waals surface area contributed by atoms with E-state index < -0.39 is 0 Å². The molecule has 274 valence electrons. The Labute approximate surface area is 298 Å². The lowest BCUT2D eigenvalue weighted by Crippen LogP contribution is -2.53. The van der Waals surface area contributed by atoms with Gasteiger partial charge in [0.15, 0.2) is 6.29 Å². The molecule has 49 heavy (non-hydrogen) atoms. The molecule has 2 fully saturated rings. The molecule has 1 atom stereocenters. The fraction of sp³-hybridized carbons (Fsp3) is 0.605. The van der Waals surface area contributed by atoms with Gasteiger partial charge in [0, 0.05) is 60.2 Å². The monoisotopic (exact) mass is 701 g/mol. The van der Waals surface area contributed by atoms with Crippen LogP contribution in [0.1, 0.15) is 115 Å². The summed E-state index contributed by atoms with van der Waals surface area (Å²) in [5, 5.41) is 8.79. The van der Waals surface area contributed by atoms with E-state index in [0.29, 0.717) is 24.6 Å². The predicted molar refractivity (Wildman–Crippen MR) is 200 cm³/mol. The van der Waals surface area contributed by atoms with Gasteiger partial charge in [-0.25, -0.2) is 0 Å². The smallest absolute Gasteiger partial charge is 0.243 e. The average molecular weight is 702 g/mol. The molecule has 0 aliphatic carbocycles. The van der Waals surface area contributed by atoms with Crippen LogP contribution in [0.15, 0.2) is 42.7 Å². The second-order valence-electron chi connectivity index (χ2n) is 12.2. The van der Waals surface area contributed by atoms with Crippen LogP contribution in [0.4, 0.5) is 0 Å². The third-order valence-electron chi connectivity index (χ3n) is 8.25. The van der Waals surface area contributed by atoms with E-state index in [9.17, 15) is 24.0 Å². The first-order chi connectivity index (χ1) is 23.7. The van der Waals surface area contributed by atoms with E-state index in [1.165, 1.54) is 25.7 Å². The van der Waals surface area contributed by atoms with Crippen LogP contribution in [0.3, 0.4) is 0 Å². The average Bonchev–Trinajstić information content (AvgIpc) is 3.49. The number of carbonyl (C=O) groups excluding carboxylic acids is 5. The van der Waals surface area contributed by atoms with Gasteiger partial charge in [0.25, 0.3) is 0 Å². The molecule has 4 rings (SSSR count). The van der Waals surface area contributed by atoms with Gasteiger partial charge >= 0.3 is 0 Å². The van der Waals surface area contributed by atoms with Crippen LogP contribution in [0.5, 0.6) is 0 Å². The van der Waals surface area contributed by atoms with Gasteiger partial charge < -0.3 is 25.4 Å². The molecule has 1 unspecified atom stereocenters. The number of fused-ring (bicyclic) bond motifs is 2. The Morgan fingerprint density at radius 1 is 0.898 bits per heavy atom. The first kappa shape index (κ1) is 43.4. The van der Waals surface area contributed by atoms with Crippen molar-refractivity contribution in [1.82, 2.24) is 25.4 Å². The van der Waals surface area contributed by atoms with Crippen molar-refractivity contribution < 1.29 is 24.0 Å². The largest absolute Gasteiger partial charge is 0.362 e. The van der Waals surface area contributed by atoms with Crippen molar-refractivity contribution in [3.05, 3.63) is 48.3 Å². The number of ketones is 1. The van der Waals surface area contributed by atoms with E-state index in [0.717, 1.165) is 86.5 Å². The number of aldehydes is 1. The SMILES string of the molecule is C=C1CNC(=O)CNC(=O)CNC(=O)C2CCCCN12.CCCC.CCCCCC(=O)CC.O=Cc1cn(CCCCCl)c2ccccc12. The number of amides is 3. The molecular weight excluding hydrogens is 642 g/mol. The molecule has 11 heteroatoms. The quantitative estimate of drug-likeness (QED) is 0.139. The number of aryl methyl sites for hydroxylation is 1. The van der Waals surface area contributed by atoms with Gasteiger partial charge in [0.1, 0.15) is 11.8 Å². The first-order valence-corrected chi connectivity index (χ1v) is 18.6. The van der Waals surface area contributed by atoms with Crippen molar-refractivity contribution >= 4 is 52.3 Å². The normalized spacial score (nSPS) is 16.3. The Morgan fingerprint density at radius 2 is 1.57 bits per heavy atom. The number of para-hydroxylation sites is 1. The summed E-state index contributed by atoms with van der Waals surface area (Å²) in [5.74, 6) is 0.311. The Hall–Kier alpha value is -3.66. The predicted octanol–water partition coefficient (Wildman–Crippen LogP) is 6.54. The maximum atomic E-state index is 12.2. The highest BCUT2D eigenvalue weighted by atomic mass is 35.5. The Balaban J connectivity index is 0.000000369. The fourth-order valence-electron chi connectivity index (χ4n) is 5.15. The lowest BCUT2D eigenvalue weighted by molar-refractivity contribution is -0.130. The summed E-state index contributed by atoms with van der Waals surface area (Å²) >= 11 is 5.65. The minimum atomic E-state index is -0.366. The highest BCUT2D eigenvalue weighted by molar-refractivity contribution is 6.17. The van der Waals surface area contributed by atoms with Crippen molar-refractivity contribution in [2.24, 2.45) is 0 Å². The Bertz CT molecular complexity index is 1270. The van der Waals surface area contributed by atoms with Crippen LogP contribution in [-0.4, -0.2) is 77.4 Å². The van der Waals surface area contributed by atoms with Gasteiger partial charge in [-0.3, -0.25) is 24.0 Å². The number of benzene rings is 1. The molecule has 1 aromatic heterocycles. The standard InChI is InChI=1S/C13H14ClNO.C13H20N4O3.C8H16O.C4H10/c14-7-3-4-8-15-9-11(10-16)12-5-1-2-6-13(12)15;1-9-6-14-11(18)7-15-12(19)8-16-13(20)10-4-2-3-5-17(9)10;1-3-5-6-7-8(9)4-2;1-3-4-2/h1-2,5-6,9-10H,3-4,7-8H2;10H,1-8H2,(H,14,18)(H,15,19)(H,16,20);3-7H2,1-2H3;3-4H2,1-2H3. The second kappa shape index (κ2) is 26.2. The van der Waals surface area contributed by atoms with Crippen molar-refractivity contribution in [1.29, 1.82) is 0 Å². The van der Waals surface area contributed by atoms with Crippen LogP contribution < -0.4 is 16.0 Å². The van der Waals surface area contributed by atoms with E-state index in [4.69, 9.17) is 11.6 Å². The summed E-state index contributed by atoms with van der Waals surface area (Å²) in [4.78, 5) is 58.7. The van der Waals surface area contributed by atoms with Crippen LogP contribution in [-0.2, 0) is 25.7 Å². The second-order valence-corrected chi connectivity index (χ2v) is 12.6. The summed E-state index contributed by atoms with van der Waals surface area (Å²) in [6.45, 7) is 14.1. The molecule has 10 nitrogen and oxygen atoms in total. The molecule has 2 aliphatic rings. The minimum absolute atomic E-state index is 0.0919. The molecule has 2 aromatic rings. The number of carbonyl (C=O) groups is 5. The zero-order chi connectivity index (χ0) is 36.4. The summed E-state index contributed by atoms with van der Waals surface area (Å²) in [6.07, 6.45) is 15.2. The van der Waals surface area contributed by atoms with Gasteiger partial charge in [-0.05, 0) is 44.6 Å². The van der Waals surface area contributed by atoms with Gasteiger partial charge in [-0.15, -0.1) is 11.6 Å². The maximum Gasteiger partial charge on any atom is 0.243 e. The zero-order valence-electron chi connectivity index (χ0n) is 30.3.